The third-order valence-electron chi connectivity index (χ3n) is 5.49. The first-order chi connectivity index (χ1) is 15.4. The normalized spacial score (nSPS) is 14.8. The molecular formula is C23H25N3O4S2. The van der Waals surface area contributed by atoms with E-state index in [-0.39, 0.29) is 10.5 Å². The SMILES string of the molecule is COc1ccccc1-c1csc(NC(=O)c2ccc(C)c(S(=O)(=O)N3CCCCC3)c2)n1. The van der Waals surface area contributed by atoms with E-state index in [0.717, 1.165) is 24.8 Å². The molecule has 4 rings (SSSR count). The molecule has 1 aliphatic rings. The van der Waals surface area contributed by atoms with Gasteiger partial charge in [-0.25, -0.2) is 13.4 Å². The molecule has 9 heteroatoms. The molecule has 1 aliphatic heterocycles. The number of aryl methyl sites for hydroxylation is 1. The molecule has 1 saturated heterocycles. The van der Waals surface area contributed by atoms with Crippen molar-refractivity contribution in [3.63, 3.8) is 0 Å². The number of rotatable bonds is 6. The highest BCUT2D eigenvalue weighted by atomic mass is 32.2. The molecule has 0 aliphatic carbocycles. The molecule has 1 fully saturated rings. The molecule has 0 atom stereocenters. The second kappa shape index (κ2) is 9.40. The van der Waals surface area contributed by atoms with E-state index in [1.165, 1.54) is 21.7 Å². The lowest BCUT2D eigenvalue weighted by Gasteiger charge is -2.26. The zero-order valence-corrected chi connectivity index (χ0v) is 19.6. The minimum atomic E-state index is -3.63. The molecule has 3 aromatic rings. The van der Waals surface area contributed by atoms with Crippen LogP contribution in [0.4, 0.5) is 5.13 Å². The second-order valence-corrected chi connectivity index (χ2v) is 10.4. The number of ether oxygens (including phenoxy) is 1. The fourth-order valence-electron chi connectivity index (χ4n) is 3.74. The zero-order valence-electron chi connectivity index (χ0n) is 18.0. The molecule has 7 nitrogen and oxygen atoms in total. The summed E-state index contributed by atoms with van der Waals surface area (Å²) in [6, 6.07) is 12.3. The fraction of sp³-hybridized carbons (Fsp3) is 0.304. The van der Waals surface area contributed by atoms with Gasteiger partial charge in [0.25, 0.3) is 5.91 Å². The third-order valence-corrected chi connectivity index (χ3v) is 8.29. The largest absolute Gasteiger partial charge is 0.496 e. The molecule has 0 spiro atoms. The Morgan fingerprint density at radius 3 is 2.62 bits per heavy atom. The Morgan fingerprint density at radius 2 is 1.88 bits per heavy atom. The zero-order chi connectivity index (χ0) is 22.7. The highest BCUT2D eigenvalue weighted by molar-refractivity contribution is 7.89. The lowest BCUT2D eigenvalue weighted by atomic mass is 10.1. The van der Waals surface area contributed by atoms with Gasteiger partial charge in [0, 0.05) is 29.6 Å². The van der Waals surface area contributed by atoms with Crippen LogP contribution in [0.25, 0.3) is 11.3 Å². The van der Waals surface area contributed by atoms with Crippen LogP contribution in [0, 0.1) is 6.92 Å². The first-order valence-electron chi connectivity index (χ1n) is 10.4. The average Bonchev–Trinajstić information content (AvgIpc) is 3.28. The van der Waals surface area contributed by atoms with Crippen LogP contribution in [0.3, 0.4) is 0 Å². The summed E-state index contributed by atoms with van der Waals surface area (Å²) < 4.78 is 33.2. The van der Waals surface area contributed by atoms with Gasteiger partial charge in [-0.2, -0.15) is 4.31 Å². The smallest absolute Gasteiger partial charge is 0.257 e. The van der Waals surface area contributed by atoms with Crippen molar-refractivity contribution in [3.05, 3.63) is 59.0 Å². The molecule has 0 radical (unpaired) electrons. The second-order valence-electron chi connectivity index (χ2n) is 7.64. The van der Waals surface area contributed by atoms with E-state index in [1.54, 1.807) is 26.2 Å². The summed E-state index contributed by atoms with van der Waals surface area (Å²) in [4.78, 5) is 17.6. The number of anilines is 1. The summed E-state index contributed by atoms with van der Waals surface area (Å²) >= 11 is 1.30. The summed E-state index contributed by atoms with van der Waals surface area (Å²) in [5.41, 5.74) is 2.43. The number of para-hydroxylation sites is 1. The van der Waals surface area contributed by atoms with E-state index in [0.29, 0.717) is 35.2 Å². The van der Waals surface area contributed by atoms with Gasteiger partial charge < -0.3 is 4.74 Å². The highest BCUT2D eigenvalue weighted by Gasteiger charge is 2.28. The number of piperidine rings is 1. The standard InChI is InChI=1S/C23H25N3O4S2/c1-16-10-11-17(14-21(16)32(28,29)26-12-6-3-7-13-26)22(27)25-23-24-19(15-31-23)18-8-4-5-9-20(18)30-2/h4-5,8-11,14-15H,3,6-7,12-13H2,1-2H3,(H,24,25,27). The molecule has 1 aromatic heterocycles. The molecule has 1 N–H and O–H groups in total. The number of nitrogens with one attached hydrogen (secondary N) is 1. The van der Waals surface area contributed by atoms with Crippen LogP contribution >= 0.6 is 11.3 Å². The van der Waals surface area contributed by atoms with Gasteiger partial charge in [0.15, 0.2) is 5.13 Å². The van der Waals surface area contributed by atoms with Crippen molar-refractivity contribution in [1.29, 1.82) is 0 Å². The number of hydrogen-bond donors (Lipinski definition) is 1. The van der Waals surface area contributed by atoms with Crippen LogP contribution in [0.1, 0.15) is 35.2 Å². The van der Waals surface area contributed by atoms with Gasteiger partial charge in [0.05, 0.1) is 17.7 Å². The van der Waals surface area contributed by atoms with Gasteiger partial charge in [-0.05, 0) is 49.6 Å². The Bertz CT molecular complexity index is 1230. The first kappa shape index (κ1) is 22.4. The van der Waals surface area contributed by atoms with E-state index in [4.69, 9.17) is 4.74 Å². The number of hydrogen-bond acceptors (Lipinski definition) is 6. The van der Waals surface area contributed by atoms with Crippen molar-refractivity contribution in [2.24, 2.45) is 0 Å². The maximum absolute atomic E-state index is 13.1. The van der Waals surface area contributed by atoms with E-state index in [2.05, 4.69) is 10.3 Å². The number of nitrogens with zero attached hydrogens (tertiary/aromatic N) is 2. The molecule has 0 bridgehead atoms. The van der Waals surface area contributed by atoms with Crippen molar-refractivity contribution >= 4 is 32.4 Å². The number of amides is 1. The number of benzene rings is 2. The molecule has 1 amide bonds. The number of aromatic nitrogens is 1. The fourth-order valence-corrected chi connectivity index (χ4v) is 6.22. The molecule has 0 saturated carbocycles. The number of sulfonamides is 1. The first-order valence-corrected chi connectivity index (χ1v) is 12.7. The lowest BCUT2D eigenvalue weighted by molar-refractivity contribution is 0.102. The van der Waals surface area contributed by atoms with Crippen LogP contribution in [0.5, 0.6) is 5.75 Å². The average molecular weight is 472 g/mol. The predicted octanol–water partition coefficient (Wildman–Crippen LogP) is 4.55. The van der Waals surface area contributed by atoms with Gasteiger partial charge in [-0.15, -0.1) is 11.3 Å². The van der Waals surface area contributed by atoms with Gasteiger partial charge in [-0.3, -0.25) is 10.1 Å². The van der Waals surface area contributed by atoms with E-state index >= 15 is 0 Å². The van der Waals surface area contributed by atoms with Crippen LogP contribution in [-0.2, 0) is 10.0 Å². The number of carbonyl (C=O) groups is 1. The molecule has 2 heterocycles. The van der Waals surface area contributed by atoms with Gasteiger partial charge in [0.1, 0.15) is 5.75 Å². The Balaban J connectivity index is 1.56. The molecule has 32 heavy (non-hydrogen) atoms. The minimum Gasteiger partial charge on any atom is -0.496 e. The van der Waals surface area contributed by atoms with Crippen molar-refractivity contribution < 1.29 is 17.9 Å². The summed E-state index contributed by atoms with van der Waals surface area (Å²) in [5.74, 6) is 0.294. The van der Waals surface area contributed by atoms with E-state index < -0.39 is 15.9 Å². The van der Waals surface area contributed by atoms with Crippen molar-refractivity contribution in [2.75, 3.05) is 25.5 Å². The van der Waals surface area contributed by atoms with Crippen LogP contribution in [0.2, 0.25) is 0 Å². The summed E-state index contributed by atoms with van der Waals surface area (Å²) in [6.45, 7) is 2.78. The Morgan fingerprint density at radius 1 is 1.12 bits per heavy atom. The maximum Gasteiger partial charge on any atom is 0.257 e. The number of methoxy groups -OCH3 is 1. The van der Waals surface area contributed by atoms with Crippen LogP contribution in [0.15, 0.2) is 52.7 Å². The van der Waals surface area contributed by atoms with Crippen molar-refractivity contribution in [2.45, 2.75) is 31.1 Å². The topological polar surface area (TPSA) is 88.6 Å². The minimum absolute atomic E-state index is 0.181. The highest BCUT2D eigenvalue weighted by Crippen LogP contribution is 2.32. The Kier molecular flexibility index (Phi) is 6.59. The van der Waals surface area contributed by atoms with Crippen molar-refractivity contribution in [1.82, 2.24) is 9.29 Å². The summed E-state index contributed by atoms with van der Waals surface area (Å²) in [6.07, 6.45) is 2.76. The quantitative estimate of drug-likeness (QED) is 0.570. The Hall–Kier alpha value is -2.75. The summed E-state index contributed by atoms with van der Waals surface area (Å²) in [7, 11) is -2.04. The van der Waals surface area contributed by atoms with Gasteiger partial charge >= 0.3 is 0 Å². The van der Waals surface area contributed by atoms with Gasteiger partial charge in [0.2, 0.25) is 10.0 Å². The van der Waals surface area contributed by atoms with Crippen molar-refractivity contribution in [3.8, 4) is 17.0 Å². The molecule has 2 aromatic carbocycles. The van der Waals surface area contributed by atoms with Crippen LogP contribution < -0.4 is 10.1 Å². The Labute approximate surface area is 192 Å². The molecule has 168 valence electrons. The molecule has 0 unspecified atom stereocenters. The monoisotopic (exact) mass is 471 g/mol. The number of thiazole rings is 1. The molecular weight excluding hydrogens is 446 g/mol. The lowest BCUT2D eigenvalue weighted by Crippen LogP contribution is -2.36. The van der Waals surface area contributed by atoms with Crippen LogP contribution in [-0.4, -0.2) is 43.8 Å². The predicted molar refractivity (Wildman–Crippen MR) is 126 cm³/mol. The maximum atomic E-state index is 13.1. The third kappa shape index (κ3) is 4.55. The van der Waals surface area contributed by atoms with E-state index in [1.807, 2.05) is 29.6 Å². The number of carbonyl (C=O) groups excluding carboxylic acids is 1. The summed E-state index contributed by atoms with van der Waals surface area (Å²) in [5, 5.41) is 5.05. The van der Waals surface area contributed by atoms with E-state index in [9.17, 15) is 13.2 Å². The van der Waals surface area contributed by atoms with Gasteiger partial charge in [-0.1, -0.05) is 24.6 Å².